The van der Waals surface area contributed by atoms with Gasteiger partial charge in [-0.05, 0) is 81.8 Å². The third kappa shape index (κ3) is 3.51. The summed E-state index contributed by atoms with van der Waals surface area (Å²) in [4.78, 5) is 23.3. The number of nitrogens with one attached hydrogen (secondary N) is 2. The molecule has 0 saturated carbocycles. The number of piperidine rings is 1. The number of hydrogen-bond donors (Lipinski definition) is 2. The summed E-state index contributed by atoms with van der Waals surface area (Å²) >= 11 is 0. The van der Waals surface area contributed by atoms with Gasteiger partial charge in [0.1, 0.15) is 5.82 Å². The smallest absolute Gasteiger partial charge is 0.256 e. The first-order valence-electron chi connectivity index (χ1n) is 10.7. The maximum Gasteiger partial charge on any atom is 0.256 e. The molecule has 1 fully saturated rings. The summed E-state index contributed by atoms with van der Waals surface area (Å²) in [7, 11) is 0. The van der Waals surface area contributed by atoms with Crippen LogP contribution in [0.25, 0.3) is 11.6 Å². The van der Waals surface area contributed by atoms with E-state index >= 15 is 0 Å². The van der Waals surface area contributed by atoms with Crippen LogP contribution in [0.4, 0.5) is 5.69 Å². The van der Waals surface area contributed by atoms with E-state index in [0.29, 0.717) is 0 Å². The van der Waals surface area contributed by atoms with Gasteiger partial charge in [-0.1, -0.05) is 12.5 Å². The summed E-state index contributed by atoms with van der Waals surface area (Å²) in [5.74, 6) is 0.779. The molecule has 1 saturated heterocycles. The third-order valence-electron chi connectivity index (χ3n) is 6.29. The maximum absolute atomic E-state index is 12.6. The summed E-state index contributed by atoms with van der Waals surface area (Å²) in [6, 6.07) is 6.39. The molecule has 2 aliphatic heterocycles. The summed E-state index contributed by atoms with van der Waals surface area (Å²) in [6.45, 7) is 3.54. The molecule has 0 atom stereocenters. The van der Waals surface area contributed by atoms with Crippen LogP contribution < -0.4 is 5.32 Å². The lowest BCUT2D eigenvalue weighted by Crippen LogP contribution is -2.31. The number of aromatic nitrogens is 2. The highest BCUT2D eigenvalue weighted by Gasteiger charge is 2.25. The van der Waals surface area contributed by atoms with Crippen LogP contribution in [-0.2, 0) is 24.1 Å². The van der Waals surface area contributed by atoms with Crippen molar-refractivity contribution in [2.45, 2.75) is 51.4 Å². The largest absolute Gasteiger partial charge is 0.342 e. The number of imidazole rings is 1. The van der Waals surface area contributed by atoms with Crippen molar-refractivity contribution in [1.29, 1.82) is 0 Å². The minimum absolute atomic E-state index is 0.0300. The molecule has 0 bridgehead atoms. The monoisotopic (exact) mass is 376 g/mol. The second-order valence-electron chi connectivity index (χ2n) is 8.30. The Labute approximate surface area is 166 Å². The average Bonchev–Trinajstić information content (AvgIpc) is 3.27. The summed E-state index contributed by atoms with van der Waals surface area (Å²) in [5.41, 5.74) is 6.36. The fourth-order valence-corrected chi connectivity index (χ4v) is 4.68. The van der Waals surface area contributed by atoms with Gasteiger partial charge in [-0.2, -0.15) is 0 Å². The highest BCUT2D eigenvalue weighted by molar-refractivity contribution is 6.34. The summed E-state index contributed by atoms with van der Waals surface area (Å²) in [6.07, 6.45) is 11.5. The minimum atomic E-state index is -0.0300. The van der Waals surface area contributed by atoms with Gasteiger partial charge >= 0.3 is 0 Å². The number of likely N-dealkylation sites (tertiary alicyclic amines) is 1. The molecule has 28 heavy (non-hydrogen) atoms. The van der Waals surface area contributed by atoms with Crippen LogP contribution in [0.15, 0.2) is 18.2 Å². The van der Waals surface area contributed by atoms with E-state index < -0.39 is 0 Å². The molecular weight excluding hydrogens is 348 g/mol. The van der Waals surface area contributed by atoms with E-state index in [0.717, 1.165) is 48.5 Å². The van der Waals surface area contributed by atoms with Crippen molar-refractivity contribution in [3.8, 4) is 0 Å². The van der Waals surface area contributed by atoms with Gasteiger partial charge in [0, 0.05) is 23.5 Å². The molecule has 5 heteroatoms. The zero-order valence-electron chi connectivity index (χ0n) is 16.4. The molecule has 0 spiro atoms. The molecule has 1 aromatic carbocycles. The molecule has 5 nitrogen and oxygen atoms in total. The Morgan fingerprint density at radius 2 is 1.93 bits per heavy atom. The average molecular weight is 377 g/mol. The minimum Gasteiger partial charge on any atom is -0.342 e. The van der Waals surface area contributed by atoms with Crippen LogP contribution in [0.1, 0.15) is 60.4 Å². The number of fused-ring (bicyclic) bond motifs is 2. The van der Waals surface area contributed by atoms with Crippen LogP contribution in [0.5, 0.6) is 0 Å². The number of carbonyl (C=O) groups is 1. The lowest BCUT2D eigenvalue weighted by molar-refractivity contribution is -0.110. The number of amides is 1. The zero-order valence-corrected chi connectivity index (χ0v) is 16.4. The number of anilines is 1. The van der Waals surface area contributed by atoms with Crippen molar-refractivity contribution >= 4 is 23.2 Å². The van der Waals surface area contributed by atoms with E-state index in [4.69, 9.17) is 4.98 Å². The summed E-state index contributed by atoms with van der Waals surface area (Å²) in [5, 5.41) is 3.00. The van der Waals surface area contributed by atoms with Crippen molar-refractivity contribution in [2.75, 3.05) is 25.0 Å². The summed E-state index contributed by atoms with van der Waals surface area (Å²) < 4.78 is 0. The molecule has 5 rings (SSSR count). The molecule has 3 aliphatic rings. The Bertz CT molecular complexity index is 897. The van der Waals surface area contributed by atoms with Crippen molar-refractivity contribution in [2.24, 2.45) is 0 Å². The number of nitrogens with zero attached hydrogens (tertiary/aromatic N) is 2. The number of aromatic amines is 1. The van der Waals surface area contributed by atoms with Gasteiger partial charge in [-0.25, -0.2) is 4.98 Å². The Hall–Kier alpha value is -2.40. The zero-order chi connectivity index (χ0) is 18.9. The van der Waals surface area contributed by atoms with Crippen LogP contribution in [0.3, 0.4) is 0 Å². The van der Waals surface area contributed by atoms with Gasteiger partial charge < -0.3 is 15.2 Å². The second-order valence-corrected chi connectivity index (χ2v) is 8.30. The van der Waals surface area contributed by atoms with E-state index in [9.17, 15) is 4.79 Å². The van der Waals surface area contributed by atoms with Crippen LogP contribution in [0.2, 0.25) is 0 Å². The normalized spacial score (nSPS) is 20.9. The van der Waals surface area contributed by atoms with Crippen molar-refractivity contribution in [1.82, 2.24) is 14.9 Å². The Morgan fingerprint density at radius 1 is 1.07 bits per heavy atom. The Kier molecular flexibility index (Phi) is 4.77. The highest BCUT2D eigenvalue weighted by atomic mass is 16.2. The molecule has 1 aromatic heterocycles. The first-order valence-corrected chi connectivity index (χ1v) is 10.7. The van der Waals surface area contributed by atoms with E-state index in [1.165, 1.54) is 62.1 Å². The molecule has 146 valence electrons. The lowest BCUT2D eigenvalue weighted by atomic mass is 10.0. The fraction of sp³-hybridized carbons (Fsp3) is 0.478. The molecule has 0 radical (unpaired) electrons. The first-order chi connectivity index (χ1) is 13.8. The maximum atomic E-state index is 12.6. The van der Waals surface area contributed by atoms with Gasteiger partial charge in [0.2, 0.25) is 0 Å². The van der Waals surface area contributed by atoms with Crippen molar-refractivity contribution in [3.63, 3.8) is 0 Å². The van der Waals surface area contributed by atoms with Gasteiger partial charge in [0.15, 0.2) is 0 Å². The number of H-pyrrole nitrogens is 1. The number of rotatable bonds is 4. The highest BCUT2D eigenvalue weighted by Crippen LogP contribution is 2.34. The lowest BCUT2D eigenvalue weighted by Gasteiger charge is -2.26. The molecule has 3 heterocycles. The second kappa shape index (κ2) is 7.55. The number of carbonyl (C=O) groups excluding carboxylic acids is 1. The topological polar surface area (TPSA) is 61.0 Å². The van der Waals surface area contributed by atoms with Gasteiger partial charge in [0.05, 0.1) is 11.3 Å². The standard InChI is InChI=1S/C23H28N4O/c28-23-18(15-22-24-20-6-2-3-7-21(20)25-22)17-14-16(8-9-19(17)26-23)10-13-27-11-4-1-5-12-27/h8-9,14-15H,1-7,10-13H2,(H,24,25)(H,26,28). The molecule has 0 unspecified atom stereocenters. The quantitative estimate of drug-likeness (QED) is 0.798. The fourth-order valence-electron chi connectivity index (χ4n) is 4.68. The molecule has 1 aliphatic carbocycles. The Balaban J connectivity index is 1.37. The van der Waals surface area contributed by atoms with Gasteiger partial charge in [-0.15, -0.1) is 0 Å². The van der Waals surface area contributed by atoms with Gasteiger partial charge in [0.25, 0.3) is 5.91 Å². The van der Waals surface area contributed by atoms with E-state index in [-0.39, 0.29) is 5.91 Å². The van der Waals surface area contributed by atoms with Crippen LogP contribution >= 0.6 is 0 Å². The predicted molar refractivity (Wildman–Crippen MR) is 112 cm³/mol. The van der Waals surface area contributed by atoms with Gasteiger partial charge in [-0.3, -0.25) is 4.79 Å². The molecule has 2 aromatic rings. The molecular formula is C23H28N4O. The van der Waals surface area contributed by atoms with E-state index in [1.54, 1.807) is 0 Å². The number of hydrogen-bond acceptors (Lipinski definition) is 3. The van der Waals surface area contributed by atoms with E-state index in [2.05, 4.69) is 27.3 Å². The predicted octanol–water partition coefficient (Wildman–Crippen LogP) is 3.81. The first kappa shape index (κ1) is 17.7. The van der Waals surface area contributed by atoms with E-state index in [1.807, 2.05) is 12.1 Å². The number of aryl methyl sites for hydroxylation is 2. The Morgan fingerprint density at radius 3 is 2.79 bits per heavy atom. The molecule has 2 N–H and O–H groups in total. The van der Waals surface area contributed by atoms with Crippen molar-refractivity contribution < 1.29 is 4.79 Å². The van der Waals surface area contributed by atoms with Crippen molar-refractivity contribution in [3.05, 3.63) is 46.5 Å². The van der Waals surface area contributed by atoms with Crippen LogP contribution in [-0.4, -0.2) is 40.4 Å². The third-order valence-corrected chi connectivity index (χ3v) is 6.29. The van der Waals surface area contributed by atoms with Crippen LogP contribution in [0, 0.1) is 0 Å². The number of benzene rings is 1. The molecule has 1 amide bonds. The SMILES string of the molecule is O=C1Nc2ccc(CCN3CCCCC3)cc2C1=Cc1nc2c([nH]1)CCCC2.